The zero-order valence-electron chi connectivity index (χ0n) is 23.1. The highest BCUT2D eigenvalue weighted by Gasteiger charge is 2.34. The van der Waals surface area contributed by atoms with Gasteiger partial charge in [-0.1, -0.05) is 0 Å². The number of cyclic esters (lactones) is 1. The number of carbonyl (C=O) groups is 1. The number of ether oxygens (including phenoxy) is 1. The number of aromatic nitrogens is 2. The Balaban J connectivity index is 1.17. The maximum Gasteiger partial charge on any atom is 0.414 e. The van der Waals surface area contributed by atoms with Crippen LogP contribution < -0.4 is 24.9 Å². The van der Waals surface area contributed by atoms with Crippen molar-refractivity contribution >= 4 is 44.3 Å². The minimum Gasteiger partial charge on any atom is -0.443 e. The molecule has 0 radical (unpaired) electrons. The van der Waals surface area contributed by atoms with Crippen LogP contribution in [0.25, 0.3) is 11.0 Å². The first-order valence-corrected chi connectivity index (χ1v) is 15.6. The number of pyridine rings is 2. The summed E-state index contributed by atoms with van der Waals surface area (Å²) in [6.45, 7) is 1.26. The molecular formula is C27H30F2N6O7S. The molecule has 0 unspecified atom stereocenters. The predicted molar refractivity (Wildman–Crippen MR) is 153 cm³/mol. The number of sulfonamides is 1. The van der Waals surface area contributed by atoms with Crippen LogP contribution in [0.5, 0.6) is 0 Å². The summed E-state index contributed by atoms with van der Waals surface area (Å²) >= 11 is 0. The number of hydrogen-bond donors (Lipinski definition) is 3. The minimum absolute atomic E-state index is 0.0283. The van der Waals surface area contributed by atoms with E-state index >= 15 is 8.78 Å². The molecule has 0 spiro atoms. The van der Waals surface area contributed by atoms with Crippen LogP contribution >= 0.6 is 0 Å². The number of benzene rings is 1. The van der Waals surface area contributed by atoms with E-state index in [1.165, 1.54) is 17.2 Å². The predicted octanol–water partition coefficient (Wildman–Crippen LogP) is 1.19. The Hall–Kier alpha value is -3.86. The molecular weight excluding hydrogens is 590 g/mol. The summed E-state index contributed by atoms with van der Waals surface area (Å²) < 4.78 is 62.4. The molecule has 4 heterocycles. The fraction of sp³-hybridized carbons (Fsp3) is 0.444. The lowest BCUT2D eigenvalue weighted by Crippen LogP contribution is -2.47. The van der Waals surface area contributed by atoms with Gasteiger partial charge in [0.25, 0.3) is 0 Å². The average Bonchev–Trinajstić information content (AvgIpc) is 3.73. The van der Waals surface area contributed by atoms with E-state index in [0.29, 0.717) is 31.9 Å². The van der Waals surface area contributed by atoms with E-state index in [0.717, 1.165) is 25.2 Å². The molecule has 6 rings (SSSR count). The molecule has 0 bridgehead atoms. The number of amides is 1. The van der Waals surface area contributed by atoms with Gasteiger partial charge in [-0.15, -0.1) is 0 Å². The third kappa shape index (κ3) is 5.87. The molecule has 1 aromatic carbocycles. The van der Waals surface area contributed by atoms with Crippen LogP contribution in [0.1, 0.15) is 30.7 Å². The highest BCUT2D eigenvalue weighted by Crippen LogP contribution is 2.38. The lowest BCUT2D eigenvalue weighted by molar-refractivity contribution is -0.0435. The van der Waals surface area contributed by atoms with Gasteiger partial charge in [0.2, 0.25) is 10.0 Å². The van der Waals surface area contributed by atoms with Crippen LogP contribution in [0.2, 0.25) is 0 Å². The number of piperazine rings is 1. The Morgan fingerprint density at radius 1 is 1.07 bits per heavy atom. The zero-order chi connectivity index (χ0) is 30.6. The quantitative estimate of drug-likeness (QED) is 0.313. The fourth-order valence-corrected chi connectivity index (χ4v) is 5.95. The topological polar surface area (TPSA) is 158 Å². The van der Waals surface area contributed by atoms with Crippen molar-refractivity contribution in [2.24, 2.45) is 0 Å². The molecule has 2 saturated heterocycles. The number of fused-ring (bicyclic) bond motifs is 1. The van der Waals surface area contributed by atoms with Gasteiger partial charge in [-0.2, -0.15) is 0 Å². The Bertz CT molecular complexity index is 1760. The van der Waals surface area contributed by atoms with Crippen molar-refractivity contribution in [3.8, 4) is 0 Å². The number of nitrogens with one attached hydrogen (secondary N) is 1. The molecule has 3 fully saturated rings. The molecule has 2 aliphatic heterocycles. The van der Waals surface area contributed by atoms with Crippen LogP contribution in [0.3, 0.4) is 0 Å². The molecule has 3 N–H and O–H groups in total. The molecule has 1 atom stereocenters. The normalized spacial score (nSPS) is 19.5. The van der Waals surface area contributed by atoms with Gasteiger partial charge in [0.1, 0.15) is 17.6 Å². The van der Waals surface area contributed by atoms with Gasteiger partial charge in [0, 0.05) is 45.0 Å². The summed E-state index contributed by atoms with van der Waals surface area (Å²) in [5.74, 6) is -1.23. The molecule has 230 valence electrons. The number of aliphatic hydroxyl groups is 2. The van der Waals surface area contributed by atoms with E-state index in [-0.39, 0.29) is 47.2 Å². The van der Waals surface area contributed by atoms with Crippen molar-refractivity contribution in [2.75, 3.05) is 60.2 Å². The molecule has 3 aliphatic rings. The van der Waals surface area contributed by atoms with Crippen molar-refractivity contribution in [2.45, 2.75) is 31.3 Å². The third-order valence-electron chi connectivity index (χ3n) is 7.80. The Labute approximate surface area is 244 Å². The van der Waals surface area contributed by atoms with E-state index < -0.39 is 45.6 Å². The van der Waals surface area contributed by atoms with E-state index in [9.17, 15) is 28.2 Å². The van der Waals surface area contributed by atoms with Gasteiger partial charge in [0.05, 0.1) is 35.1 Å². The Kier molecular flexibility index (Phi) is 7.48. The molecule has 3 aromatic rings. The Morgan fingerprint density at radius 2 is 1.77 bits per heavy atom. The molecule has 2 aromatic heterocycles. The first-order chi connectivity index (χ1) is 20.4. The summed E-state index contributed by atoms with van der Waals surface area (Å²) in [6.07, 6.45) is 0.620. The minimum atomic E-state index is -3.46. The van der Waals surface area contributed by atoms with E-state index in [4.69, 9.17) is 4.74 Å². The summed E-state index contributed by atoms with van der Waals surface area (Å²) in [5.41, 5.74) is -0.0805. The van der Waals surface area contributed by atoms with Gasteiger partial charge in [0.15, 0.2) is 23.4 Å². The standard InChI is InChI=1S/C27H30F2N6O7S/c1-43(40,41)30-12-17-13-35(27(39)42-17)16-4-5-22(20(28)10-16)32-6-8-33(9-7-32)25-21(29)11-18-23(36)19(26(37)38)14-34(15-2-3-15)24(18)31-25/h4-5,10-11,14-15,17,26,30,37-38H,2-3,6-9,12-13H2,1H3/t17-/m0/s1. The van der Waals surface area contributed by atoms with E-state index in [1.807, 2.05) is 0 Å². The molecule has 13 nitrogen and oxygen atoms in total. The monoisotopic (exact) mass is 620 g/mol. The maximum absolute atomic E-state index is 15.3. The molecule has 43 heavy (non-hydrogen) atoms. The highest BCUT2D eigenvalue weighted by atomic mass is 32.2. The first kappa shape index (κ1) is 29.2. The van der Waals surface area contributed by atoms with Crippen LogP contribution in [-0.4, -0.2) is 85.9 Å². The van der Waals surface area contributed by atoms with Gasteiger partial charge >= 0.3 is 6.09 Å². The smallest absolute Gasteiger partial charge is 0.414 e. The SMILES string of the molecule is CS(=O)(=O)NC[C@H]1CN(c2ccc(N3CCN(c4nc5c(cc4F)c(=O)c(C(O)O)cn5C4CC4)CC3)c(F)c2)C(=O)O1. The van der Waals surface area contributed by atoms with E-state index in [2.05, 4.69) is 9.71 Å². The average molecular weight is 621 g/mol. The number of halogens is 2. The van der Waals surface area contributed by atoms with Crippen LogP contribution in [0, 0.1) is 11.6 Å². The van der Waals surface area contributed by atoms with Gasteiger partial charge in [-0.05, 0) is 37.1 Å². The summed E-state index contributed by atoms with van der Waals surface area (Å²) in [6, 6.07) is 5.46. The second-order valence-electron chi connectivity index (χ2n) is 10.9. The van der Waals surface area contributed by atoms with Crippen LogP contribution in [-0.2, 0) is 14.8 Å². The number of carbonyl (C=O) groups excluding carboxylic acids is 1. The maximum atomic E-state index is 15.3. The van der Waals surface area contributed by atoms with Crippen molar-refractivity contribution < 1.29 is 36.9 Å². The third-order valence-corrected chi connectivity index (χ3v) is 8.49. The summed E-state index contributed by atoms with van der Waals surface area (Å²) in [5, 5.41) is 19.2. The molecule has 1 amide bonds. The van der Waals surface area contributed by atoms with Crippen molar-refractivity contribution in [3.05, 3.63) is 57.9 Å². The van der Waals surface area contributed by atoms with Crippen molar-refractivity contribution in [1.29, 1.82) is 0 Å². The lowest BCUT2D eigenvalue weighted by atomic mass is 10.1. The fourth-order valence-electron chi connectivity index (χ4n) is 5.46. The van der Waals surface area contributed by atoms with Crippen LogP contribution in [0.15, 0.2) is 35.3 Å². The molecule has 1 saturated carbocycles. The van der Waals surface area contributed by atoms with E-state index in [1.54, 1.807) is 26.5 Å². The Morgan fingerprint density at radius 3 is 2.40 bits per heavy atom. The van der Waals surface area contributed by atoms with Gasteiger partial charge in [-0.3, -0.25) is 9.69 Å². The van der Waals surface area contributed by atoms with Crippen LogP contribution in [0.4, 0.5) is 30.8 Å². The molecule has 16 heteroatoms. The molecule has 1 aliphatic carbocycles. The van der Waals surface area contributed by atoms with Gasteiger partial charge < -0.3 is 29.3 Å². The number of anilines is 3. The number of aliphatic hydroxyl groups excluding tert-OH is 1. The largest absolute Gasteiger partial charge is 0.443 e. The highest BCUT2D eigenvalue weighted by molar-refractivity contribution is 7.88. The lowest BCUT2D eigenvalue weighted by Gasteiger charge is -2.37. The van der Waals surface area contributed by atoms with Gasteiger partial charge in [-0.25, -0.2) is 31.7 Å². The second kappa shape index (κ2) is 11.0. The number of hydrogen-bond acceptors (Lipinski definition) is 10. The summed E-state index contributed by atoms with van der Waals surface area (Å²) in [4.78, 5) is 34.4. The first-order valence-electron chi connectivity index (χ1n) is 13.7. The van der Waals surface area contributed by atoms with Crippen molar-refractivity contribution in [3.63, 3.8) is 0 Å². The number of rotatable bonds is 8. The van der Waals surface area contributed by atoms with Crippen molar-refractivity contribution in [1.82, 2.24) is 14.3 Å². The number of nitrogens with zero attached hydrogens (tertiary/aromatic N) is 5. The second-order valence-corrected chi connectivity index (χ2v) is 12.8. The zero-order valence-corrected chi connectivity index (χ0v) is 23.9. The summed E-state index contributed by atoms with van der Waals surface area (Å²) in [7, 11) is -3.46.